The van der Waals surface area contributed by atoms with Crippen LogP contribution in [0.4, 0.5) is 5.69 Å². The lowest BCUT2D eigenvalue weighted by Crippen LogP contribution is -1.88. The summed E-state index contributed by atoms with van der Waals surface area (Å²) in [6.45, 7) is 0. The van der Waals surface area contributed by atoms with Gasteiger partial charge in [-0.25, -0.2) is 0 Å². The molecule has 1 unspecified atom stereocenters. The lowest BCUT2D eigenvalue weighted by molar-refractivity contribution is 1.36. The van der Waals surface area contributed by atoms with E-state index in [9.17, 15) is 0 Å². The third-order valence-electron chi connectivity index (χ3n) is 2.86. The van der Waals surface area contributed by atoms with Gasteiger partial charge >= 0.3 is 0 Å². The Kier molecular flexibility index (Phi) is 3.33. The molecule has 4 heteroatoms. The highest BCUT2D eigenvalue weighted by molar-refractivity contribution is 8.28. The van der Waals surface area contributed by atoms with Gasteiger partial charge in [0.05, 0.1) is 10.7 Å². The summed E-state index contributed by atoms with van der Waals surface area (Å²) in [5.74, 6) is 0.965. The molecular formula is C14H11Cl2NS. The van der Waals surface area contributed by atoms with Gasteiger partial charge < -0.3 is 0 Å². The second-order valence-electron chi connectivity index (χ2n) is 4.11. The van der Waals surface area contributed by atoms with E-state index in [0.29, 0.717) is 0 Å². The Balaban J connectivity index is 1.89. The highest BCUT2D eigenvalue weighted by atomic mass is 35.5. The van der Waals surface area contributed by atoms with Gasteiger partial charge in [0.25, 0.3) is 0 Å². The van der Waals surface area contributed by atoms with Crippen molar-refractivity contribution in [3.63, 3.8) is 0 Å². The molecule has 1 atom stereocenters. The van der Waals surface area contributed by atoms with E-state index in [1.54, 1.807) is 0 Å². The van der Waals surface area contributed by atoms with E-state index in [2.05, 4.69) is 17.1 Å². The Morgan fingerprint density at radius 1 is 1.00 bits per heavy atom. The molecule has 0 saturated carbocycles. The minimum absolute atomic E-state index is 0.434. The summed E-state index contributed by atoms with van der Waals surface area (Å²) < 4.78 is 0. The van der Waals surface area contributed by atoms with Gasteiger partial charge in [0, 0.05) is 21.2 Å². The predicted octanol–water partition coefficient (Wildman–Crippen LogP) is 5.23. The molecule has 0 radical (unpaired) electrons. The fourth-order valence-corrected chi connectivity index (χ4v) is 4.61. The van der Waals surface area contributed by atoms with Crippen LogP contribution in [0.15, 0.2) is 52.4 Å². The lowest BCUT2D eigenvalue weighted by Gasteiger charge is -2.15. The van der Waals surface area contributed by atoms with Gasteiger partial charge in [-0.05, 0) is 29.8 Å². The zero-order valence-electron chi connectivity index (χ0n) is 9.48. The van der Waals surface area contributed by atoms with Crippen LogP contribution in [0.3, 0.4) is 0 Å². The van der Waals surface area contributed by atoms with E-state index in [0.717, 1.165) is 21.5 Å². The van der Waals surface area contributed by atoms with Crippen molar-refractivity contribution in [2.24, 2.45) is 4.99 Å². The van der Waals surface area contributed by atoms with Gasteiger partial charge in [-0.15, -0.1) is 0 Å². The monoisotopic (exact) mass is 295 g/mol. The van der Waals surface area contributed by atoms with Crippen molar-refractivity contribution in [1.82, 2.24) is 0 Å². The van der Waals surface area contributed by atoms with Crippen LogP contribution >= 0.6 is 34.1 Å². The highest BCUT2D eigenvalue weighted by Crippen LogP contribution is 2.51. The van der Waals surface area contributed by atoms with Crippen LogP contribution in [0, 0.1) is 0 Å². The minimum atomic E-state index is -0.434. The summed E-state index contributed by atoms with van der Waals surface area (Å²) in [5.41, 5.74) is 4.33. The van der Waals surface area contributed by atoms with Crippen LogP contribution in [0.1, 0.15) is 5.56 Å². The summed E-state index contributed by atoms with van der Waals surface area (Å²) in [5, 5.41) is 1.59. The molecule has 0 aliphatic carbocycles. The van der Waals surface area contributed by atoms with E-state index in [4.69, 9.17) is 23.2 Å². The molecule has 92 valence electrons. The maximum atomic E-state index is 6.27. The molecule has 1 aliphatic rings. The quantitative estimate of drug-likeness (QED) is 0.729. The van der Waals surface area contributed by atoms with Gasteiger partial charge in [0.1, 0.15) is 0 Å². The van der Waals surface area contributed by atoms with E-state index in [1.807, 2.05) is 35.9 Å². The summed E-state index contributed by atoms with van der Waals surface area (Å²) in [6, 6.07) is 13.9. The third-order valence-corrected chi connectivity index (χ3v) is 5.70. The molecule has 0 N–H and O–H groups in total. The van der Waals surface area contributed by atoms with E-state index in [1.165, 1.54) is 10.5 Å². The molecule has 0 spiro atoms. The average Bonchev–Trinajstić information content (AvgIpc) is 2.77. The van der Waals surface area contributed by atoms with Crippen molar-refractivity contribution >= 4 is 45.3 Å². The van der Waals surface area contributed by atoms with Crippen LogP contribution in [0.5, 0.6) is 0 Å². The first-order valence-electron chi connectivity index (χ1n) is 5.58. The van der Waals surface area contributed by atoms with E-state index in [-0.39, 0.29) is 0 Å². The van der Waals surface area contributed by atoms with E-state index < -0.39 is 10.9 Å². The number of rotatable bonds is 2. The van der Waals surface area contributed by atoms with Crippen molar-refractivity contribution in [2.75, 3.05) is 0 Å². The topological polar surface area (TPSA) is 12.4 Å². The number of nitrogens with zero attached hydrogens (tertiary/aromatic N) is 1. The Bertz CT molecular complexity index is 608. The van der Waals surface area contributed by atoms with Crippen molar-refractivity contribution in [3.8, 4) is 0 Å². The van der Waals surface area contributed by atoms with Crippen LogP contribution in [-0.4, -0.2) is 5.55 Å². The number of hydrogen-bond acceptors (Lipinski definition) is 1. The van der Waals surface area contributed by atoms with Crippen molar-refractivity contribution in [2.45, 2.75) is 10.6 Å². The van der Waals surface area contributed by atoms with E-state index >= 15 is 0 Å². The maximum Gasteiger partial charge on any atom is 0.0772 e. The zero-order chi connectivity index (χ0) is 12.5. The van der Waals surface area contributed by atoms with Crippen LogP contribution < -0.4 is 0 Å². The first-order valence-corrected chi connectivity index (χ1v) is 7.93. The molecule has 3 rings (SSSR count). The molecule has 0 amide bonds. The Morgan fingerprint density at radius 2 is 1.78 bits per heavy atom. The number of thiol groups is 1. The van der Waals surface area contributed by atoms with Gasteiger partial charge in [-0.3, -0.25) is 4.99 Å². The molecule has 1 heterocycles. The minimum Gasteiger partial charge on any atom is -0.250 e. The molecular weight excluding hydrogens is 285 g/mol. The van der Waals surface area contributed by atoms with Gasteiger partial charge in [0.2, 0.25) is 0 Å². The lowest BCUT2D eigenvalue weighted by atomic mass is 10.2. The van der Waals surface area contributed by atoms with Gasteiger partial charge in [-0.2, -0.15) is 10.9 Å². The summed E-state index contributed by atoms with van der Waals surface area (Å²) in [7, 11) is -0.434. The number of aliphatic imine (C=N–C) groups is 1. The zero-order valence-corrected chi connectivity index (χ0v) is 11.9. The normalized spacial score (nSPS) is 18.9. The van der Waals surface area contributed by atoms with Crippen molar-refractivity contribution < 1.29 is 0 Å². The second kappa shape index (κ2) is 4.96. The fraction of sp³-hybridized carbons (Fsp3) is 0.0714. The number of hydrogen-bond donors (Lipinski definition) is 1. The summed E-state index contributed by atoms with van der Waals surface area (Å²) in [4.78, 5) is 5.65. The van der Waals surface area contributed by atoms with Crippen LogP contribution in [0.25, 0.3) is 0 Å². The molecule has 18 heavy (non-hydrogen) atoms. The molecule has 2 aromatic carbocycles. The molecule has 0 aromatic heterocycles. The second-order valence-corrected chi connectivity index (χ2v) is 6.88. The number of halogens is 2. The van der Waals surface area contributed by atoms with Crippen LogP contribution in [-0.2, 0) is 5.75 Å². The predicted molar refractivity (Wildman–Crippen MR) is 82.0 cm³/mol. The summed E-state index contributed by atoms with van der Waals surface area (Å²) >= 11 is 12.2. The first-order chi connectivity index (χ1) is 8.74. The standard InChI is InChI=1S/C14H11Cl2NS/c15-11-6-4-10(5-7-11)8-18-9-17-13-3-1-2-12(16)14(13)18/h1-7,9,18H,8H2. The number of fused-ring (bicyclic) bond motifs is 1. The highest BCUT2D eigenvalue weighted by Gasteiger charge is 2.18. The smallest absolute Gasteiger partial charge is 0.0772 e. The third kappa shape index (κ3) is 2.28. The molecule has 0 saturated heterocycles. The molecule has 2 aromatic rings. The maximum absolute atomic E-state index is 6.27. The van der Waals surface area contributed by atoms with Crippen molar-refractivity contribution in [3.05, 3.63) is 58.1 Å². The van der Waals surface area contributed by atoms with Gasteiger partial charge in [-0.1, -0.05) is 41.4 Å². The molecule has 0 bridgehead atoms. The SMILES string of the molecule is Clc1ccc(C[SH]2C=Nc3cccc(Cl)c32)cc1. The summed E-state index contributed by atoms with van der Waals surface area (Å²) in [6.07, 6.45) is 0. The average molecular weight is 296 g/mol. The molecule has 1 aliphatic heterocycles. The first kappa shape index (κ1) is 12.1. The van der Waals surface area contributed by atoms with Crippen molar-refractivity contribution in [1.29, 1.82) is 0 Å². The Hall–Kier alpha value is -0.960. The number of benzene rings is 2. The fourth-order valence-electron chi connectivity index (χ4n) is 1.99. The molecule has 0 fully saturated rings. The Morgan fingerprint density at radius 3 is 2.56 bits per heavy atom. The molecule has 1 nitrogen and oxygen atoms in total. The Labute approximate surface area is 119 Å². The largest absolute Gasteiger partial charge is 0.250 e. The van der Waals surface area contributed by atoms with Gasteiger partial charge in [0.15, 0.2) is 0 Å². The van der Waals surface area contributed by atoms with Crippen LogP contribution in [0.2, 0.25) is 10.0 Å².